The van der Waals surface area contributed by atoms with Gasteiger partial charge in [-0.1, -0.05) is 18.2 Å². The van der Waals surface area contributed by atoms with Crippen molar-refractivity contribution in [2.24, 2.45) is 5.92 Å². The third-order valence-electron chi connectivity index (χ3n) is 4.09. The first kappa shape index (κ1) is 15.4. The van der Waals surface area contributed by atoms with Gasteiger partial charge in [-0.3, -0.25) is 9.59 Å². The van der Waals surface area contributed by atoms with Crippen LogP contribution in [0.2, 0.25) is 0 Å². The lowest BCUT2D eigenvalue weighted by atomic mass is 9.87. The highest BCUT2D eigenvalue weighted by Gasteiger charge is 2.32. The second kappa shape index (κ2) is 6.61. The Bertz CT molecular complexity index is 530. The third-order valence-corrected chi connectivity index (χ3v) is 4.09. The van der Waals surface area contributed by atoms with Crippen LogP contribution in [0, 0.1) is 5.92 Å². The Morgan fingerprint density at radius 3 is 2.81 bits per heavy atom. The lowest BCUT2D eigenvalue weighted by molar-refractivity contribution is -0.135. The lowest BCUT2D eigenvalue weighted by Gasteiger charge is -2.34. The number of rotatable bonds is 4. The van der Waals surface area contributed by atoms with Crippen molar-refractivity contribution in [3.63, 3.8) is 0 Å². The molecule has 5 heteroatoms. The van der Waals surface area contributed by atoms with Crippen LogP contribution in [0.3, 0.4) is 0 Å². The zero-order valence-corrected chi connectivity index (χ0v) is 12.8. The third kappa shape index (κ3) is 3.54. The minimum Gasteiger partial charge on any atom is -0.382 e. The Morgan fingerprint density at radius 1 is 1.38 bits per heavy atom. The molecule has 21 heavy (non-hydrogen) atoms. The van der Waals surface area contributed by atoms with Crippen molar-refractivity contribution in [3.8, 4) is 0 Å². The molecular formula is C16H23N3O2. The molecular weight excluding hydrogens is 266 g/mol. The summed E-state index contributed by atoms with van der Waals surface area (Å²) < 4.78 is 0. The van der Waals surface area contributed by atoms with E-state index in [0.717, 1.165) is 12.1 Å². The highest BCUT2D eigenvalue weighted by molar-refractivity contribution is 5.82. The molecule has 0 bridgehead atoms. The summed E-state index contributed by atoms with van der Waals surface area (Å²) >= 11 is 0. The first-order valence-corrected chi connectivity index (χ1v) is 7.33. The van der Waals surface area contributed by atoms with Crippen LogP contribution >= 0.6 is 0 Å². The van der Waals surface area contributed by atoms with Crippen molar-refractivity contribution in [1.29, 1.82) is 0 Å². The fraction of sp³-hybridized carbons (Fsp3) is 0.500. The zero-order chi connectivity index (χ0) is 15.4. The summed E-state index contributed by atoms with van der Waals surface area (Å²) in [6.45, 7) is 2.48. The molecule has 114 valence electrons. The molecule has 2 N–H and O–H groups in total. The number of amides is 2. The molecule has 1 aliphatic rings. The van der Waals surface area contributed by atoms with E-state index in [4.69, 9.17) is 0 Å². The van der Waals surface area contributed by atoms with Gasteiger partial charge >= 0.3 is 0 Å². The van der Waals surface area contributed by atoms with Crippen LogP contribution in [0.5, 0.6) is 0 Å². The predicted molar refractivity (Wildman–Crippen MR) is 83.0 cm³/mol. The molecule has 0 aliphatic carbocycles. The number of para-hydroxylation sites is 1. The van der Waals surface area contributed by atoms with E-state index in [9.17, 15) is 9.59 Å². The van der Waals surface area contributed by atoms with Crippen LogP contribution in [-0.4, -0.2) is 43.4 Å². The normalized spacial score (nSPS) is 20.1. The highest BCUT2D eigenvalue weighted by atomic mass is 16.2. The first-order valence-electron chi connectivity index (χ1n) is 7.33. The van der Waals surface area contributed by atoms with Gasteiger partial charge in [-0.2, -0.15) is 0 Å². The molecule has 0 radical (unpaired) electrons. The van der Waals surface area contributed by atoms with E-state index in [-0.39, 0.29) is 23.8 Å². The number of nitrogens with one attached hydrogen (secondary N) is 2. The van der Waals surface area contributed by atoms with Crippen LogP contribution < -0.4 is 10.6 Å². The van der Waals surface area contributed by atoms with Crippen LogP contribution in [-0.2, 0) is 16.0 Å². The molecule has 5 nitrogen and oxygen atoms in total. The summed E-state index contributed by atoms with van der Waals surface area (Å²) in [6, 6.07) is 8.18. The molecule has 2 unspecified atom stereocenters. The van der Waals surface area contributed by atoms with Crippen molar-refractivity contribution in [1.82, 2.24) is 10.2 Å². The van der Waals surface area contributed by atoms with Crippen molar-refractivity contribution in [3.05, 3.63) is 29.8 Å². The van der Waals surface area contributed by atoms with E-state index in [1.807, 2.05) is 25.1 Å². The van der Waals surface area contributed by atoms with Crippen molar-refractivity contribution >= 4 is 17.5 Å². The second-order valence-electron chi connectivity index (χ2n) is 5.58. The Balaban J connectivity index is 2.01. The molecule has 2 amide bonds. The smallest absolute Gasteiger partial charge is 0.227 e. The van der Waals surface area contributed by atoms with Gasteiger partial charge in [0.2, 0.25) is 11.8 Å². The molecule has 0 saturated heterocycles. The van der Waals surface area contributed by atoms with E-state index in [1.54, 1.807) is 19.0 Å². The highest BCUT2D eigenvalue weighted by Crippen LogP contribution is 2.29. The Hall–Kier alpha value is -2.04. The largest absolute Gasteiger partial charge is 0.382 e. The number of carbonyl (C=O) groups is 2. The number of nitrogens with zero attached hydrogens (tertiary/aromatic N) is 1. The van der Waals surface area contributed by atoms with Gasteiger partial charge in [0.25, 0.3) is 0 Å². The minimum atomic E-state index is -0.0883. The number of carbonyl (C=O) groups excluding carboxylic acids is 2. The molecule has 0 fully saturated rings. The molecule has 0 spiro atoms. The predicted octanol–water partition coefficient (Wildman–Crippen LogP) is 1.25. The van der Waals surface area contributed by atoms with Crippen LogP contribution in [0.15, 0.2) is 24.3 Å². The molecule has 1 heterocycles. The van der Waals surface area contributed by atoms with E-state index in [1.165, 1.54) is 5.56 Å². The summed E-state index contributed by atoms with van der Waals surface area (Å²) in [7, 11) is 3.37. The average Bonchev–Trinajstić information content (AvgIpc) is 2.50. The number of hydrogen-bond acceptors (Lipinski definition) is 3. The monoisotopic (exact) mass is 289 g/mol. The van der Waals surface area contributed by atoms with Gasteiger partial charge in [-0.05, 0) is 25.0 Å². The molecule has 0 saturated carbocycles. The Labute approximate surface area is 125 Å². The number of fused-ring (bicyclic) bond motifs is 1. The summed E-state index contributed by atoms with van der Waals surface area (Å²) in [5.41, 5.74) is 2.29. The summed E-state index contributed by atoms with van der Waals surface area (Å²) in [5, 5.41) is 5.97. The van der Waals surface area contributed by atoms with Crippen LogP contribution in [0.4, 0.5) is 5.69 Å². The first-order chi connectivity index (χ1) is 10.0. The summed E-state index contributed by atoms with van der Waals surface area (Å²) in [6.07, 6.45) is 1.08. The van der Waals surface area contributed by atoms with Gasteiger partial charge in [0.1, 0.15) is 0 Å². The lowest BCUT2D eigenvalue weighted by Crippen LogP contribution is -2.45. The molecule has 1 aliphatic heterocycles. The Kier molecular flexibility index (Phi) is 4.83. The fourth-order valence-electron chi connectivity index (χ4n) is 2.69. The van der Waals surface area contributed by atoms with Gasteiger partial charge in [-0.15, -0.1) is 0 Å². The van der Waals surface area contributed by atoms with Crippen molar-refractivity contribution < 1.29 is 9.59 Å². The summed E-state index contributed by atoms with van der Waals surface area (Å²) in [4.78, 5) is 25.5. The van der Waals surface area contributed by atoms with Crippen molar-refractivity contribution in [2.75, 3.05) is 26.0 Å². The summed E-state index contributed by atoms with van der Waals surface area (Å²) in [5.74, 6) is -0.0437. The quantitative estimate of drug-likeness (QED) is 0.877. The molecule has 2 atom stereocenters. The topological polar surface area (TPSA) is 61.4 Å². The zero-order valence-electron chi connectivity index (χ0n) is 12.8. The van der Waals surface area contributed by atoms with E-state index >= 15 is 0 Å². The van der Waals surface area contributed by atoms with Gasteiger partial charge in [0.05, 0.1) is 5.92 Å². The molecule has 1 aromatic rings. The molecule has 2 rings (SSSR count). The van der Waals surface area contributed by atoms with Gasteiger partial charge in [0.15, 0.2) is 0 Å². The standard InChI is InChI=1S/C16H23N3O2/c1-11-13(10-12-6-4-5-7-14(12)18-11)16(21)19(3)9-8-15(20)17-2/h4-7,11,13,18H,8-10H2,1-3H3,(H,17,20). The second-order valence-corrected chi connectivity index (χ2v) is 5.58. The SMILES string of the molecule is CNC(=O)CCN(C)C(=O)C1Cc2ccccc2NC1C. The minimum absolute atomic E-state index is 0.0465. The van der Waals surface area contributed by atoms with E-state index in [2.05, 4.69) is 16.7 Å². The van der Waals surface area contributed by atoms with Crippen LogP contribution in [0.1, 0.15) is 18.9 Å². The van der Waals surface area contributed by atoms with Gasteiger partial charge in [0, 0.05) is 38.8 Å². The van der Waals surface area contributed by atoms with Gasteiger partial charge in [-0.25, -0.2) is 0 Å². The maximum absolute atomic E-state index is 12.6. The number of benzene rings is 1. The fourth-order valence-corrected chi connectivity index (χ4v) is 2.69. The van der Waals surface area contributed by atoms with Crippen LogP contribution in [0.25, 0.3) is 0 Å². The maximum atomic E-state index is 12.6. The molecule has 0 aromatic heterocycles. The Morgan fingerprint density at radius 2 is 2.10 bits per heavy atom. The average molecular weight is 289 g/mol. The van der Waals surface area contributed by atoms with Gasteiger partial charge < -0.3 is 15.5 Å². The maximum Gasteiger partial charge on any atom is 0.227 e. The van der Waals surface area contributed by atoms with E-state index < -0.39 is 0 Å². The number of hydrogen-bond donors (Lipinski definition) is 2. The van der Waals surface area contributed by atoms with Crippen molar-refractivity contribution in [2.45, 2.75) is 25.8 Å². The van der Waals surface area contributed by atoms with E-state index in [0.29, 0.717) is 13.0 Å². The molecule has 1 aromatic carbocycles. The number of anilines is 1.